The average molecular weight is 351 g/mol. The standard InChI is InChI=1S/C21H38O2Si/c1-8-9-10-11-12-13-14-15-19-20(16-18(2)17-22-19)23-24(6,7)21(3,4)5/h10-15,18-20H,8-9,16-17H2,1-7H3/b11-10+,13-12+,15-14+/t18-,19-,20+/m0/s1. The van der Waals surface area contributed by atoms with E-state index in [4.69, 9.17) is 9.16 Å². The second kappa shape index (κ2) is 9.74. The number of hydrogen-bond acceptors (Lipinski definition) is 2. The molecular weight excluding hydrogens is 312 g/mol. The molecule has 1 aliphatic rings. The molecule has 1 fully saturated rings. The van der Waals surface area contributed by atoms with E-state index in [2.05, 4.69) is 84.2 Å². The quantitative estimate of drug-likeness (QED) is 0.398. The zero-order chi connectivity index (χ0) is 18.2. The van der Waals surface area contributed by atoms with E-state index in [1.54, 1.807) is 0 Å². The summed E-state index contributed by atoms with van der Waals surface area (Å²) in [6.45, 7) is 16.8. The van der Waals surface area contributed by atoms with Crippen LogP contribution in [0.3, 0.4) is 0 Å². The van der Waals surface area contributed by atoms with Gasteiger partial charge in [0.15, 0.2) is 8.32 Å². The van der Waals surface area contributed by atoms with Crippen LogP contribution in [-0.2, 0) is 9.16 Å². The summed E-state index contributed by atoms with van der Waals surface area (Å²) in [5.74, 6) is 0.567. The first-order valence-electron chi connectivity index (χ1n) is 9.46. The molecule has 1 rings (SSSR count). The first kappa shape index (κ1) is 21.4. The summed E-state index contributed by atoms with van der Waals surface area (Å²) in [4.78, 5) is 0. The van der Waals surface area contributed by atoms with Crippen LogP contribution < -0.4 is 0 Å². The van der Waals surface area contributed by atoms with Crippen molar-refractivity contribution in [2.45, 2.75) is 84.2 Å². The van der Waals surface area contributed by atoms with Crippen molar-refractivity contribution in [3.63, 3.8) is 0 Å². The van der Waals surface area contributed by atoms with Crippen LogP contribution in [0.25, 0.3) is 0 Å². The number of rotatable bonds is 7. The third kappa shape index (κ3) is 7.08. The highest BCUT2D eigenvalue weighted by molar-refractivity contribution is 6.74. The van der Waals surface area contributed by atoms with Crippen LogP contribution in [0, 0.1) is 5.92 Å². The van der Waals surface area contributed by atoms with Crippen molar-refractivity contribution in [1.82, 2.24) is 0 Å². The first-order valence-corrected chi connectivity index (χ1v) is 12.4. The van der Waals surface area contributed by atoms with E-state index in [1.807, 2.05) is 0 Å². The van der Waals surface area contributed by atoms with Crippen molar-refractivity contribution in [2.24, 2.45) is 5.92 Å². The Labute approximate surface area is 151 Å². The molecule has 0 aromatic carbocycles. The van der Waals surface area contributed by atoms with E-state index in [-0.39, 0.29) is 17.2 Å². The van der Waals surface area contributed by atoms with Crippen LogP contribution in [0.4, 0.5) is 0 Å². The monoisotopic (exact) mass is 350 g/mol. The minimum Gasteiger partial charge on any atom is -0.411 e. The number of hydrogen-bond donors (Lipinski definition) is 0. The van der Waals surface area contributed by atoms with Crippen molar-refractivity contribution < 1.29 is 9.16 Å². The lowest BCUT2D eigenvalue weighted by molar-refractivity contribution is -0.0652. The van der Waals surface area contributed by atoms with E-state index < -0.39 is 8.32 Å². The van der Waals surface area contributed by atoms with Gasteiger partial charge in [0.05, 0.1) is 12.7 Å². The third-order valence-electron chi connectivity index (χ3n) is 5.05. The Kier molecular flexibility index (Phi) is 8.68. The van der Waals surface area contributed by atoms with Gasteiger partial charge < -0.3 is 9.16 Å². The summed E-state index contributed by atoms with van der Waals surface area (Å²) in [5, 5.41) is 0.228. The van der Waals surface area contributed by atoms with Gasteiger partial charge in [0.25, 0.3) is 0 Å². The van der Waals surface area contributed by atoms with Crippen molar-refractivity contribution >= 4 is 8.32 Å². The van der Waals surface area contributed by atoms with Gasteiger partial charge in [-0.15, -0.1) is 0 Å². The molecule has 0 bridgehead atoms. The molecule has 24 heavy (non-hydrogen) atoms. The van der Waals surface area contributed by atoms with E-state index >= 15 is 0 Å². The molecule has 0 saturated carbocycles. The molecular formula is C21H38O2Si. The molecule has 0 aromatic rings. The van der Waals surface area contributed by atoms with Gasteiger partial charge in [0.1, 0.15) is 6.10 Å². The predicted octanol–water partition coefficient (Wildman–Crippen LogP) is 6.27. The van der Waals surface area contributed by atoms with Gasteiger partial charge >= 0.3 is 0 Å². The Morgan fingerprint density at radius 1 is 1.12 bits per heavy atom. The van der Waals surface area contributed by atoms with Crippen LogP contribution in [0.2, 0.25) is 18.1 Å². The Bertz CT molecular complexity index is 443. The summed E-state index contributed by atoms with van der Waals surface area (Å²) in [6.07, 6.45) is 16.4. The molecule has 0 N–H and O–H groups in total. The van der Waals surface area contributed by atoms with Gasteiger partial charge in [-0.3, -0.25) is 0 Å². The van der Waals surface area contributed by atoms with Crippen molar-refractivity contribution in [3.05, 3.63) is 36.5 Å². The fourth-order valence-corrected chi connectivity index (χ4v) is 3.82. The molecule has 0 aromatic heterocycles. The minimum absolute atomic E-state index is 0.0691. The van der Waals surface area contributed by atoms with Gasteiger partial charge in [0, 0.05) is 0 Å². The lowest BCUT2D eigenvalue weighted by Gasteiger charge is -2.43. The summed E-state index contributed by atoms with van der Waals surface area (Å²) in [5.41, 5.74) is 0. The molecule has 1 aliphatic heterocycles. The Balaban J connectivity index is 2.69. The maximum absolute atomic E-state index is 6.66. The second-order valence-electron chi connectivity index (χ2n) is 8.54. The summed E-state index contributed by atoms with van der Waals surface area (Å²) in [6, 6.07) is 0. The lowest BCUT2D eigenvalue weighted by Crippen LogP contribution is -2.49. The number of allylic oxidation sites excluding steroid dienone is 5. The molecule has 0 aliphatic carbocycles. The van der Waals surface area contributed by atoms with Crippen LogP contribution in [-0.4, -0.2) is 27.1 Å². The molecule has 0 radical (unpaired) electrons. The maximum Gasteiger partial charge on any atom is 0.192 e. The van der Waals surface area contributed by atoms with Crippen LogP contribution in [0.5, 0.6) is 0 Å². The summed E-state index contributed by atoms with van der Waals surface area (Å²) >= 11 is 0. The SMILES string of the molecule is CCC/C=C/C=C/C=C/[C@@H]1OC[C@@H](C)C[C@H]1O[Si](C)(C)C(C)(C)C. The van der Waals surface area contributed by atoms with E-state index in [1.165, 1.54) is 6.42 Å². The summed E-state index contributed by atoms with van der Waals surface area (Å²) < 4.78 is 12.7. The van der Waals surface area contributed by atoms with Crippen molar-refractivity contribution in [2.75, 3.05) is 6.61 Å². The topological polar surface area (TPSA) is 18.5 Å². The molecule has 2 nitrogen and oxygen atoms in total. The Morgan fingerprint density at radius 2 is 1.79 bits per heavy atom. The molecule has 1 heterocycles. The highest BCUT2D eigenvalue weighted by Gasteiger charge is 2.41. The van der Waals surface area contributed by atoms with Gasteiger partial charge in [-0.25, -0.2) is 0 Å². The first-order chi connectivity index (χ1) is 11.2. The molecule has 0 spiro atoms. The maximum atomic E-state index is 6.66. The van der Waals surface area contributed by atoms with E-state index in [9.17, 15) is 0 Å². The van der Waals surface area contributed by atoms with Gasteiger partial charge in [-0.05, 0) is 36.9 Å². The molecule has 3 heteroatoms. The number of unbranched alkanes of at least 4 members (excludes halogenated alkanes) is 1. The Hall–Kier alpha value is -0.643. The Morgan fingerprint density at radius 3 is 2.42 bits per heavy atom. The highest BCUT2D eigenvalue weighted by atomic mass is 28.4. The molecule has 0 unspecified atom stereocenters. The largest absolute Gasteiger partial charge is 0.411 e. The van der Waals surface area contributed by atoms with Gasteiger partial charge in [-0.1, -0.05) is 77.5 Å². The normalized spacial score (nSPS) is 26.9. The molecule has 1 saturated heterocycles. The van der Waals surface area contributed by atoms with Crippen LogP contribution in [0.1, 0.15) is 53.9 Å². The van der Waals surface area contributed by atoms with Crippen molar-refractivity contribution in [1.29, 1.82) is 0 Å². The fraction of sp³-hybridized carbons (Fsp3) is 0.714. The van der Waals surface area contributed by atoms with Gasteiger partial charge in [-0.2, -0.15) is 0 Å². The average Bonchev–Trinajstić information content (AvgIpc) is 2.46. The van der Waals surface area contributed by atoms with Gasteiger partial charge in [0.2, 0.25) is 0 Å². The predicted molar refractivity (Wildman–Crippen MR) is 108 cm³/mol. The van der Waals surface area contributed by atoms with Crippen LogP contribution >= 0.6 is 0 Å². The number of ether oxygens (including phenoxy) is 1. The van der Waals surface area contributed by atoms with Crippen LogP contribution in [0.15, 0.2) is 36.5 Å². The van der Waals surface area contributed by atoms with Crippen molar-refractivity contribution in [3.8, 4) is 0 Å². The van der Waals surface area contributed by atoms with E-state index in [0.717, 1.165) is 19.4 Å². The zero-order valence-corrected chi connectivity index (χ0v) is 17.8. The highest BCUT2D eigenvalue weighted by Crippen LogP contribution is 2.39. The molecule has 3 atom stereocenters. The fourth-order valence-electron chi connectivity index (χ4n) is 2.47. The smallest absolute Gasteiger partial charge is 0.192 e. The lowest BCUT2D eigenvalue weighted by atomic mass is 9.97. The van der Waals surface area contributed by atoms with E-state index in [0.29, 0.717) is 5.92 Å². The zero-order valence-electron chi connectivity index (χ0n) is 16.8. The summed E-state index contributed by atoms with van der Waals surface area (Å²) in [7, 11) is -1.78. The minimum atomic E-state index is -1.78. The second-order valence-corrected chi connectivity index (χ2v) is 13.3. The third-order valence-corrected chi connectivity index (χ3v) is 9.56. The molecule has 138 valence electrons. The molecule has 0 amide bonds.